The SMILES string of the molecule is C[C@@H](N)C(=O)NC1CCCOC1. The fraction of sp³-hybridized carbons (Fsp3) is 0.875. The Morgan fingerprint density at radius 2 is 2.50 bits per heavy atom. The van der Waals surface area contributed by atoms with Crippen LogP contribution in [0.2, 0.25) is 0 Å². The molecule has 1 aliphatic heterocycles. The maximum Gasteiger partial charge on any atom is 0.236 e. The normalized spacial score (nSPS) is 26.3. The second kappa shape index (κ2) is 4.42. The number of hydrogen-bond donors (Lipinski definition) is 2. The summed E-state index contributed by atoms with van der Waals surface area (Å²) in [6.45, 7) is 3.11. The van der Waals surface area contributed by atoms with Crippen molar-refractivity contribution in [1.29, 1.82) is 0 Å². The van der Waals surface area contributed by atoms with Crippen LogP contribution in [0.15, 0.2) is 0 Å². The van der Waals surface area contributed by atoms with Crippen molar-refractivity contribution in [3.8, 4) is 0 Å². The van der Waals surface area contributed by atoms with E-state index in [-0.39, 0.29) is 11.9 Å². The molecule has 3 N–H and O–H groups in total. The fourth-order valence-electron chi connectivity index (χ4n) is 1.19. The maximum absolute atomic E-state index is 11.1. The molecule has 4 heteroatoms. The highest BCUT2D eigenvalue weighted by atomic mass is 16.5. The molecule has 1 unspecified atom stereocenters. The highest BCUT2D eigenvalue weighted by molar-refractivity contribution is 5.81. The lowest BCUT2D eigenvalue weighted by Gasteiger charge is -2.23. The highest BCUT2D eigenvalue weighted by Gasteiger charge is 2.17. The van der Waals surface area contributed by atoms with Crippen molar-refractivity contribution in [1.82, 2.24) is 5.32 Å². The fourth-order valence-corrected chi connectivity index (χ4v) is 1.19. The maximum atomic E-state index is 11.1. The molecular weight excluding hydrogens is 156 g/mol. The van der Waals surface area contributed by atoms with Crippen molar-refractivity contribution >= 4 is 5.91 Å². The summed E-state index contributed by atoms with van der Waals surface area (Å²) in [5.74, 6) is -0.0921. The first-order chi connectivity index (χ1) is 5.70. The minimum absolute atomic E-state index is 0.0921. The van der Waals surface area contributed by atoms with E-state index in [0.29, 0.717) is 6.61 Å². The first-order valence-corrected chi connectivity index (χ1v) is 4.34. The van der Waals surface area contributed by atoms with E-state index in [0.717, 1.165) is 19.4 Å². The zero-order valence-electron chi connectivity index (χ0n) is 7.38. The summed E-state index contributed by atoms with van der Waals surface area (Å²) in [5, 5.41) is 2.83. The Morgan fingerprint density at radius 1 is 1.75 bits per heavy atom. The third-order valence-corrected chi connectivity index (χ3v) is 1.92. The number of ether oxygens (including phenoxy) is 1. The minimum atomic E-state index is -0.424. The van der Waals surface area contributed by atoms with E-state index in [4.69, 9.17) is 10.5 Å². The molecule has 2 atom stereocenters. The molecule has 0 saturated carbocycles. The van der Waals surface area contributed by atoms with E-state index in [2.05, 4.69) is 5.32 Å². The zero-order valence-corrected chi connectivity index (χ0v) is 7.38. The van der Waals surface area contributed by atoms with Gasteiger partial charge in [0.25, 0.3) is 0 Å². The molecular formula is C8H16N2O2. The summed E-state index contributed by atoms with van der Waals surface area (Å²) in [6.07, 6.45) is 2.02. The Kier molecular flexibility index (Phi) is 3.49. The number of nitrogens with one attached hydrogen (secondary N) is 1. The van der Waals surface area contributed by atoms with Gasteiger partial charge < -0.3 is 15.8 Å². The van der Waals surface area contributed by atoms with Crippen LogP contribution in [0, 0.1) is 0 Å². The molecule has 0 radical (unpaired) electrons. The van der Waals surface area contributed by atoms with Gasteiger partial charge in [0, 0.05) is 6.61 Å². The first-order valence-electron chi connectivity index (χ1n) is 4.34. The first kappa shape index (κ1) is 9.48. The van der Waals surface area contributed by atoms with Crippen molar-refractivity contribution in [3.05, 3.63) is 0 Å². The van der Waals surface area contributed by atoms with E-state index in [1.165, 1.54) is 0 Å². The Labute approximate surface area is 72.5 Å². The van der Waals surface area contributed by atoms with E-state index < -0.39 is 6.04 Å². The highest BCUT2D eigenvalue weighted by Crippen LogP contribution is 2.05. The van der Waals surface area contributed by atoms with Crippen LogP contribution >= 0.6 is 0 Å². The van der Waals surface area contributed by atoms with Gasteiger partial charge in [-0.05, 0) is 19.8 Å². The molecule has 0 aliphatic carbocycles. The molecule has 1 rings (SSSR count). The standard InChI is InChI=1S/C8H16N2O2/c1-6(9)8(11)10-7-3-2-4-12-5-7/h6-7H,2-5,9H2,1H3,(H,10,11)/t6-,7?/m1/s1. The minimum Gasteiger partial charge on any atom is -0.379 e. The average molecular weight is 172 g/mol. The number of nitrogens with two attached hydrogens (primary N) is 1. The van der Waals surface area contributed by atoms with Crippen molar-refractivity contribution in [2.24, 2.45) is 5.73 Å². The van der Waals surface area contributed by atoms with Crippen LogP contribution in [-0.2, 0) is 9.53 Å². The molecule has 1 aliphatic rings. The molecule has 1 fully saturated rings. The van der Waals surface area contributed by atoms with Gasteiger partial charge in [0.15, 0.2) is 0 Å². The van der Waals surface area contributed by atoms with Gasteiger partial charge in [-0.15, -0.1) is 0 Å². The monoisotopic (exact) mass is 172 g/mol. The second-order valence-corrected chi connectivity index (χ2v) is 3.21. The Morgan fingerprint density at radius 3 is 3.00 bits per heavy atom. The number of carbonyl (C=O) groups is 1. The van der Waals surface area contributed by atoms with Crippen molar-refractivity contribution in [3.63, 3.8) is 0 Å². The molecule has 0 spiro atoms. The van der Waals surface area contributed by atoms with Crippen molar-refractivity contribution in [2.45, 2.75) is 31.8 Å². The summed E-state index contributed by atoms with van der Waals surface area (Å²) in [4.78, 5) is 11.1. The molecule has 0 aromatic carbocycles. The predicted molar refractivity (Wildman–Crippen MR) is 45.6 cm³/mol. The average Bonchev–Trinajstić information content (AvgIpc) is 2.06. The van der Waals surface area contributed by atoms with Gasteiger partial charge >= 0.3 is 0 Å². The molecule has 0 aromatic heterocycles. The lowest BCUT2D eigenvalue weighted by molar-refractivity contribution is -0.123. The quantitative estimate of drug-likeness (QED) is 0.597. The Hall–Kier alpha value is -0.610. The van der Waals surface area contributed by atoms with E-state index in [1.807, 2.05) is 0 Å². The zero-order chi connectivity index (χ0) is 8.97. The molecule has 1 saturated heterocycles. The second-order valence-electron chi connectivity index (χ2n) is 3.21. The van der Waals surface area contributed by atoms with E-state index >= 15 is 0 Å². The largest absolute Gasteiger partial charge is 0.379 e. The van der Waals surface area contributed by atoms with Crippen LogP contribution in [0.4, 0.5) is 0 Å². The topological polar surface area (TPSA) is 64.4 Å². The molecule has 1 amide bonds. The molecule has 0 aromatic rings. The van der Waals surface area contributed by atoms with Crippen LogP contribution in [0.25, 0.3) is 0 Å². The summed E-state index contributed by atoms with van der Waals surface area (Å²) in [6, 6.07) is -0.260. The van der Waals surface area contributed by atoms with Crippen molar-refractivity contribution < 1.29 is 9.53 Å². The van der Waals surface area contributed by atoms with Crippen LogP contribution in [-0.4, -0.2) is 31.2 Å². The third-order valence-electron chi connectivity index (χ3n) is 1.92. The molecule has 12 heavy (non-hydrogen) atoms. The summed E-state index contributed by atoms with van der Waals surface area (Å²) in [5.41, 5.74) is 5.40. The van der Waals surface area contributed by atoms with Crippen LogP contribution < -0.4 is 11.1 Å². The third kappa shape index (κ3) is 2.79. The van der Waals surface area contributed by atoms with Gasteiger partial charge in [-0.25, -0.2) is 0 Å². The number of carbonyl (C=O) groups excluding carboxylic acids is 1. The lowest BCUT2D eigenvalue weighted by atomic mass is 10.1. The van der Waals surface area contributed by atoms with Gasteiger partial charge in [0.05, 0.1) is 18.7 Å². The molecule has 70 valence electrons. The van der Waals surface area contributed by atoms with Crippen LogP contribution in [0.1, 0.15) is 19.8 Å². The van der Waals surface area contributed by atoms with E-state index in [9.17, 15) is 4.79 Å². The van der Waals surface area contributed by atoms with Gasteiger partial charge in [0.1, 0.15) is 0 Å². The summed E-state index contributed by atoms with van der Waals surface area (Å²) >= 11 is 0. The molecule has 4 nitrogen and oxygen atoms in total. The van der Waals surface area contributed by atoms with Crippen LogP contribution in [0.3, 0.4) is 0 Å². The van der Waals surface area contributed by atoms with Gasteiger partial charge in [-0.3, -0.25) is 4.79 Å². The summed E-state index contributed by atoms with van der Waals surface area (Å²) < 4.78 is 5.21. The number of rotatable bonds is 2. The Bertz CT molecular complexity index is 153. The van der Waals surface area contributed by atoms with Gasteiger partial charge in [-0.2, -0.15) is 0 Å². The van der Waals surface area contributed by atoms with Crippen molar-refractivity contribution in [2.75, 3.05) is 13.2 Å². The van der Waals surface area contributed by atoms with Crippen LogP contribution in [0.5, 0.6) is 0 Å². The number of amides is 1. The smallest absolute Gasteiger partial charge is 0.236 e. The Balaban J connectivity index is 2.24. The molecule has 0 bridgehead atoms. The van der Waals surface area contributed by atoms with Gasteiger partial charge in [-0.1, -0.05) is 0 Å². The lowest BCUT2D eigenvalue weighted by Crippen LogP contribution is -2.46. The van der Waals surface area contributed by atoms with Gasteiger partial charge in [0.2, 0.25) is 5.91 Å². The predicted octanol–water partition coefficient (Wildman–Crippen LogP) is -0.371. The summed E-state index contributed by atoms with van der Waals surface area (Å²) in [7, 11) is 0. The molecule has 1 heterocycles. The number of hydrogen-bond acceptors (Lipinski definition) is 3. The van der Waals surface area contributed by atoms with E-state index in [1.54, 1.807) is 6.92 Å².